The number of nitrogens with zero attached hydrogens (tertiary/aromatic N) is 1. The van der Waals surface area contributed by atoms with Crippen LogP contribution < -0.4 is 4.74 Å². The van der Waals surface area contributed by atoms with E-state index in [2.05, 4.69) is 48.0 Å². The summed E-state index contributed by atoms with van der Waals surface area (Å²) in [5.41, 5.74) is 3.59. The Hall–Kier alpha value is -2.09. The molecular weight excluding hydrogens is 222 g/mol. The molecule has 0 aromatic heterocycles. The number of benzene rings is 2. The van der Waals surface area contributed by atoms with E-state index in [1.807, 2.05) is 18.2 Å². The van der Waals surface area contributed by atoms with Crippen molar-refractivity contribution in [2.75, 3.05) is 6.73 Å². The molecule has 0 atom stereocenters. The maximum atomic E-state index is 5.91. The summed E-state index contributed by atoms with van der Waals surface area (Å²) in [7, 11) is 0. The standard InChI is InChI=1S/C16H16NO/c1-2-13-7-6-8-14-11-17(12-18-16(13)14)15-9-4-3-5-10-15/h3-11H,2,12H2,1H3/q+1. The highest BCUT2D eigenvalue weighted by atomic mass is 16.5. The van der Waals surface area contributed by atoms with E-state index in [4.69, 9.17) is 4.74 Å². The molecule has 0 spiro atoms. The topological polar surface area (TPSA) is 12.2 Å². The molecule has 18 heavy (non-hydrogen) atoms. The first-order valence-electron chi connectivity index (χ1n) is 6.29. The van der Waals surface area contributed by atoms with Crippen molar-refractivity contribution in [1.82, 2.24) is 0 Å². The summed E-state index contributed by atoms with van der Waals surface area (Å²) < 4.78 is 8.03. The molecule has 2 heteroatoms. The Balaban J connectivity index is 2.04. The molecule has 2 nitrogen and oxygen atoms in total. The lowest BCUT2D eigenvalue weighted by Crippen LogP contribution is -2.21. The zero-order chi connectivity index (χ0) is 12.4. The molecule has 0 unspecified atom stereocenters. The highest BCUT2D eigenvalue weighted by Crippen LogP contribution is 2.27. The van der Waals surface area contributed by atoms with Crippen LogP contribution in [0.2, 0.25) is 0 Å². The van der Waals surface area contributed by atoms with Crippen molar-refractivity contribution in [3.05, 3.63) is 59.7 Å². The van der Waals surface area contributed by atoms with Gasteiger partial charge < -0.3 is 4.74 Å². The van der Waals surface area contributed by atoms with Crippen LogP contribution in [-0.2, 0) is 6.42 Å². The van der Waals surface area contributed by atoms with Crippen LogP contribution in [0.25, 0.3) is 0 Å². The minimum absolute atomic E-state index is 0.577. The first kappa shape index (κ1) is 11.0. The minimum atomic E-state index is 0.577. The van der Waals surface area contributed by atoms with Crippen molar-refractivity contribution < 1.29 is 9.31 Å². The molecule has 0 saturated carbocycles. The van der Waals surface area contributed by atoms with E-state index in [9.17, 15) is 0 Å². The maximum absolute atomic E-state index is 5.91. The van der Waals surface area contributed by atoms with Crippen molar-refractivity contribution in [2.45, 2.75) is 13.3 Å². The lowest BCUT2D eigenvalue weighted by molar-refractivity contribution is -0.476. The van der Waals surface area contributed by atoms with Crippen LogP contribution in [0.1, 0.15) is 18.1 Å². The molecule has 3 rings (SSSR count). The van der Waals surface area contributed by atoms with Crippen LogP contribution in [0.4, 0.5) is 5.69 Å². The molecule has 0 aliphatic carbocycles. The summed E-state index contributed by atoms with van der Waals surface area (Å²) in [6.07, 6.45) is 3.16. The van der Waals surface area contributed by atoms with E-state index in [-0.39, 0.29) is 0 Å². The molecular formula is C16H16NO+. The average Bonchev–Trinajstić information content (AvgIpc) is 2.47. The number of aryl methyl sites for hydroxylation is 1. The monoisotopic (exact) mass is 238 g/mol. The summed E-state index contributed by atoms with van der Waals surface area (Å²) >= 11 is 0. The van der Waals surface area contributed by atoms with Crippen LogP contribution in [0, 0.1) is 0 Å². The smallest absolute Gasteiger partial charge is 0.292 e. The predicted molar refractivity (Wildman–Crippen MR) is 72.8 cm³/mol. The highest BCUT2D eigenvalue weighted by Gasteiger charge is 2.20. The van der Waals surface area contributed by atoms with E-state index in [0.717, 1.165) is 23.4 Å². The SMILES string of the molecule is CCc1cccc2c1OC[N+](c1ccccc1)=C2. The first-order valence-corrected chi connectivity index (χ1v) is 6.29. The van der Waals surface area contributed by atoms with Crippen LogP contribution >= 0.6 is 0 Å². The number of hydrogen-bond acceptors (Lipinski definition) is 1. The Morgan fingerprint density at radius 2 is 1.89 bits per heavy atom. The molecule has 2 aromatic rings. The lowest BCUT2D eigenvalue weighted by atomic mass is 10.1. The molecule has 1 heterocycles. The number of rotatable bonds is 2. The molecule has 0 fully saturated rings. The van der Waals surface area contributed by atoms with Gasteiger partial charge in [0.1, 0.15) is 5.75 Å². The van der Waals surface area contributed by atoms with Crippen LogP contribution in [-0.4, -0.2) is 17.5 Å². The molecule has 0 amide bonds. The second-order valence-corrected chi connectivity index (χ2v) is 4.40. The van der Waals surface area contributed by atoms with Crippen molar-refractivity contribution in [2.24, 2.45) is 0 Å². The summed E-state index contributed by atoms with van der Waals surface area (Å²) in [5, 5.41) is 0. The molecule has 2 aromatic carbocycles. The number of hydrogen-bond donors (Lipinski definition) is 0. The van der Waals surface area contributed by atoms with Gasteiger partial charge in [-0.3, -0.25) is 0 Å². The summed E-state index contributed by atoms with van der Waals surface area (Å²) in [6.45, 7) is 2.73. The van der Waals surface area contributed by atoms with Crippen molar-refractivity contribution >= 4 is 11.9 Å². The van der Waals surface area contributed by atoms with Gasteiger partial charge in [-0.1, -0.05) is 37.3 Å². The Kier molecular flexibility index (Phi) is 2.85. The second kappa shape index (κ2) is 4.65. The fraction of sp³-hybridized carbons (Fsp3) is 0.188. The van der Waals surface area contributed by atoms with Crippen molar-refractivity contribution in [1.29, 1.82) is 0 Å². The van der Waals surface area contributed by atoms with E-state index in [1.54, 1.807) is 0 Å². The maximum Gasteiger partial charge on any atom is 0.292 e. The summed E-state index contributed by atoms with van der Waals surface area (Å²) in [6, 6.07) is 16.6. The van der Waals surface area contributed by atoms with Gasteiger partial charge in [-0.05, 0) is 18.1 Å². The summed E-state index contributed by atoms with van der Waals surface area (Å²) in [5.74, 6) is 1.03. The Bertz CT molecular complexity index is 587. The van der Waals surface area contributed by atoms with E-state index in [0.29, 0.717) is 6.73 Å². The van der Waals surface area contributed by atoms with Gasteiger partial charge in [0.05, 0.1) is 5.56 Å². The molecule has 0 bridgehead atoms. The third-order valence-electron chi connectivity index (χ3n) is 3.24. The zero-order valence-electron chi connectivity index (χ0n) is 10.5. The van der Waals surface area contributed by atoms with Gasteiger partial charge in [-0.2, -0.15) is 4.58 Å². The molecule has 0 radical (unpaired) electrons. The quantitative estimate of drug-likeness (QED) is 0.731. The molecule has 90 valence electrons. The Labute approximate surface area is 107 Å². The third-order valence-corrected chi connectivity index (χ3v) is 3.24. The fourth-order valence-electron chi connectivity index (χ4n) is 2.27. The van der Waals surface area contributed by atoms with Gasteiger partial charge in [0.15, 0.2) is 6.21 Å². The van der Waals surface area contributed by atoms with Crippen LogP contribution in [0.3, 0.4) is 0 Å². The Morgan fingerprint density at radius 3 is 2.67 bits per heavy atom. The van der Waals surface area contributed by atoms with E-state index < -0.39 is 0 Å². The zero-order valence-corrected chi connectivity index (χ0v) is 10.5. The van der Waals surface area contributed by atoms with Gasteiger partial charge in [-0.25, -0.2) is 0 Å². The summed E-state index contributed by atoms with van der Waals surface area (Å²) in [4.78, 5) is 0. The van der Waals surface area contributed by atoms with Gasteiger partial charge in [0, 0.05) is 12.1 Å². The number of fused-ring (bicyclic) bond motifs is 1. The van der Waals surface area contributed by atoms with Crippen molar-refractivity contribution in [3.63, 3.8) is 0 Å². The van der Waals surface area contributed by atoms with Gasteiger partial charge in [0.25, 0.3) is 6.73 Å². The van der Waals surface area contributed by atoms with E-state index in [1.165, 1.54) is 5.56 Å². The predicted octanol–water partition coefficient (Wildman–Crippen LogP) is 3.36. The molecule has 1 aliphatic rings. The minimum Gasteiger partial charge on any atom is -0.435 e. The van der Waals surface area contributed by atoms with Gasteiger partial charge in [0.2, 0.25) is 5.69 Å². The third kappa shape index (κ3) is 1.90. The van der Waals surface area contributed by atoms with E-state index >= 15 is 0 Å². The molecule has 0 saturated heterocycles. The number of ether oxygens (including phenoxy) is 1. The van der Waals surface area contributed by atoms with Crippen LogP contribution in [0.15, 0.2) is 48.5 Å². The number of para-hydroxylation sites is 2. The first-order chi connectivity index (χ1) is 8.88. The average molecular weight is 238 g/mol. The lowest BCUT2D eigenvalue weighted by Gasteiger charge is -2.16. The largest absolute Gasteiger partial charge is 0.435 e. The molecule has 1 aliphatic heterocycles. The van der Waals surface area contributed by atoms with Gasteiger partial charge >= 0.3 is 0 Å². The van der Waals surface area contributed by atoms with Crippen molar-refractivity contribution in [3.8, 4) is 5.75 Å². The second-order valence-electron chi connectivity index (χ2n) is 4.40. The Morgan fingerprint density at radius 1 is 1.06 bits per heavy atom. The normalized spacial score (nSPS) is 13.5. The fourth-order valence-corrected chi connectivity index (χ4v) is 2.27. The highest BCUT2D eigenvalue weighted by molar-refractivity contribution is 5.82. The van der Waals surface area contributed by atoms with Crippen LogP contribution in [0.5, 0.6) is 5.75 Å². The molecule has 0 N–H and O–H groups in total. The van der Waals surface area contributed by atoms with Gasteiger partial charge in [-0.15, -0.1) is 0 Å².